The van der Waals surface area contributed by atoms with Crippen LogP contribution >= 0.6 is 0 Å². The summed E-state index contributed by atoms with van der Waals surface area (Å²) in [6.45, 7) is 1.21. The Bertz CT molecular complexity index is 579. The predicted octanol–water partition coefficient (Wildman–Crippen LogP) is -1.46. The minimum Gasteiger partial charge on any atom is -0.480 e. The van der Waals surface area contributed by atoms with Crippen molar-refractivity contribution in [2.24, 2.45) is 5.73 Å². The van der Waals surface area contributed by atoms with Crippen LogP contribution in [0.25, 0.3) is 0 Å². The van der Waals surface area contributed by atoms with E-state index in [1.54, 1.807) is 0 Å². The van der Waals surface area contributed by atoms with E-state index in [1.165, 1.54) is 4.90 Å². The second-order valence-electron chi connectivity index (χ2n) is 7.30. The maximum absolute atomic E-state index is 13.1. The van der Waals surface area contributed by atoms with Gasteiger partial charge in [-0.05, 0) is 58.0 Å². The zero-order chi connectivity index (χ0) is 20.5. The van der Waals surface area contributed by atoms with Crippen molar-refractivity contribution in [2.45, 2.75) is 63.1 Å². The van der Waals surface area contributed by atoms with Crippen LogP contribution in [0.4, 0.5) is 0 Å². The SMILES string of the molecule is NCCCCC(NC(=O)C1CCCN1)C(=O)N1CCCC1C(=O)NCC(=O)O. The second-order valence-corrected chi connectivity index (χ2v) is 7.30. The molecule has 2 fully saturated rings. The molecule has 0 radical (unpaired) electrons. The highest BCUT2D eigenvalue weighted by molar-refractivity contribution is 5.94. The molecule has 0 aromatic heterocycles. The van der Waals surface area contributed by atoms with Gasteiger partial charge in [-0.25, -0.2) is 0 Å². The highest BCUT2D eigenvalue weighted by Gasteiger charge is 2.38. The maximum Gasteiger partial charge on any atom is 0.322 e. The Morgan fingerprint density at radius 1 is 1.14 bits per heavy atom. The van der Waals surface area contributed by atoms with Crippen molar-refractivity contribution in [3.63, 3.8) is 0 Å². The summed E-state index contributed by atoms with van der Waals surface area (Å²) in [6, 6.07) is -1.71. The molecule has 6 N–H and O–H groups in total. The Morgan fingerprint density at radius 2 is 1.93 bits per heavy atom. The summed E-state index contributed by atoms with van der Waals surface area (Å²) in [5.41, 5.74) is 5.54. The van der Waals surface area contributed by atoms with Gasteiger partial charge in [0.25, 0.3) is 0 Å². The molecule has 0 bridgehead atoms. The molecular weight excluding hydrogens is 366 g/mol. The van der Waals surface area contributed by atoms with Crippen molar-refractivity contribution in [1.82, 2.24) is 20.9 Å². The van der Waals surface area contributed by atoms with E-state index in [1.807, 2.05) is 0 Å². The van der Waals surface area contributed by atoms with E-state index in [-0.39, 0.29) is 17.9 Å². The summed E-state index contributed by atoms with van der Waals surface area (Å²) in [7, 11) is 0. The van der Waals surface area contributed by atoms with Gasteiger partial charge in [0.2, 0.25) is 17.7 Å². The number of rotatable bonds is 10. The second kappa shape index (κ2) is 11.0. The van der Waals surface area contributed by atoms with Crippen LogP contribution in [0.5, 0.6) is 0 Å². The van der Waals surface area contributed by atoms with Crippen LogP contribution in [0.2, 0.25) is 0 Å². The molecule has 10 heteroatoms. The number of hydrogen-bond acceptors (Lipinski definition) is 6. The van der Waals surface area contributed by atoms with Crippen molar-refractivity contribution in [3.05, 3.63) is 0 Å². The average molecular weight is 397 g/mol. The van der Waals surface area contributed by atoms with Gasteiger partial charge in [0, 0.05) is 6.54 Å². The summed E-state index contributed by atoms with van der Waals surface area (Å²) in [5, 5.41) is 17.0. The van der Waals surface area contributed by atoms with Gasteiger partial charge in [0.05, 0.1) is 6.04 Å². The Hall–Kier alpha value is -2.20. The van der Waals surface area contributed by atoms with Gasteiger partial charge in [0.15, 0.2) is 0 Å². The summed E-state index contributed by atoms with van der Waals surface area (Å²) in [4.78, 5) is 50.0. The molecule has 0 spiro atoms. The number of likely N-dealkylation sites (tertiary alicyclic amines) is 1. The summed E-state index contributed by atoms with van der Waals surface area (Å²) in [6.07, 6.45) is 4.67. The fourth-order valence-corrected chi connectivity index (χ4v) is 3.71. The van der Waals surface area contributed by atoms with E-state index in [0.29, 0.717) is 38.8 Å². The molecule has 158 valence electrons. The van der Waals surface area contributed by atoms with Gasteiger partial charge in [-0.15, -0.1) is 0 Å². The van der Waals surface area contributed by atoms with Crippen molar-refractivity contribution < 1.29 is 24.3 Å². The minimum atomic E-state index is -1.14. The van der Waals surface area contributed by atoms with Gasteiger partial charge in [-0.3, -0.25) is 19.2 Å². The highest BCUT2D eigenvalue weighted by atomic mass is 16.4. The number of carbonyl (C=O) groups excluding carboxylic acids is 3. The number of unbranched alkanes of at least 4 members (excludes halogenated alkanes) is 1. The molecule has 0 saturated carbocycles. The number of aliphatic carboxylic acids is 1. The summed E-state index contributed by atoms with van der Waals surface area (Å²) in [5.74, 6) is -2.11. The Balaban J connectivity index is 2.02. The molecule has 28 heavy (non-hydrogen) atoms. The lowest BCUT2D eigenvalue weighted by atomic mass is 10.1. The molecule has 3 unspecified atom stereocenters. The molecule has 2 aliphatic heterocycles. The van der Waals surface area contributed by atoms with Crippen LogP contribution in [0.15, 0.2) is 0 Å². The lowest BCUT2D eigenvalue weighted by Crippen LogP contribution is -2.55. The lowest BCUT2D eigenvalue weighted by Gasteiger charge is -2.29. The first kappa shape index (κ1) is 22.1. The molecule has 10 nitrogen and oxygen atoms in total. The van der Waals surface area contributed by atoms with Crippen LogP contribution in [0, 0.1) is 0 Å². The topological polar surface area (TPSA) is 154 Å². The number of nitrogens with one attached hydrogen (secondary N) is 3. The normalized spacial score (nSPS) is 22.7. The molecule has 0 aliphatic carbocycles. The lowest BCUT2D eigenvalue weighted by molar-refractivity contribution is -0.143. The number of hydrogen-bond donors (Lipinski definition) is 5. The Labute approximate surface area is 164 Å². The van der Waals surface area contributed by atoms with Gasteiger partial charge in [-0.1, -0.05) is 0 Å². The average Bonchev–Trinajstić information content (AvgIpc) is 3.36. The number of amides is 3. The minimum absolute atomic E-state index is 0.199. The fourth-order valence-electron chi connectivity index (χ4n) is 3.71. The van der Waals surface area contributed by atoms with Crippen molar-refractivity contribution >= 4 is 23.7 Å². The van der Waals surface area contributed by atoms with Gasteiger partial charge >= 0.3 is 5.97 Å². The number of nitrogens with two attached hydrogens (primary N) is 1. The number of carboxylic acid groups (broad SMARTS) is 1. The van der Waals surface area contributed by atoms with Crippen LogP contribution in [-0.4, -0.2) is 78.0 Å². The smallest absolute Gasteiger partial charge is 0.322 e. The van der Waals surface area contributed by atoms with E-state index in [2.05, 4.69) is 16.0 Å². The van der Waals surface area contributed by atoms with E-state index >= 15 is 0 Å². The first-order valence-electron chi connectivity index (χ1n) is 9.98. The Kier molecular flexibility index (Phi) is 8.65. The van der Waals surface area contributed by atoms with E-state index < -0.39 is 30.5 Å². The summed E-state index contributed by atoms with van der Waals surface area (Å²) >= 11 is 0. The van der Waals surface area contributed by atoms with E-state index in [9.17, 15) is 19.2 Å². The zero-order valence-corrected chi connectivity index (χ0v) is 16.1. The maximum atomic E-state index is 13.1. The van der Waals surface area contributed by atoms with Crippen molar-refractivity contribution in [1.29, 1.82) is 0 Å². The van der Waals surface area contributed by atoms with Crippen LogP contribution in [0.1, 0.15) is 44.9 Å². The molecule has 2 aliphatic rings. The number of carbonyl (C=O) groups is 4. The first-order valence-corrected chi connectivity index (χ1v) is 9.98. The summed E-state index contributed by atoms with van der Waals surface area (Å²) < 4.78 is 0. The molecule has 3 amide bonds. The van der Waals surface area contributed by atoms with Crippen LogP contribution in [0.3, 0.4) is 0 Å². The third-order valence-corrected chi connectivity index (χ3v) is 5.19. The largest absolute Gasteiger partial charge is 0.480 e. The van der Waals surface area contributed by atoms with Crippen molar-refractivity contribution in [3.8, 4) is 0 Å². The predicted molar refractivity (Wildman–Crippen MR) is 101 cm³/mol. The van der Waals surface area contributed by atoms with Gasteiger partial charge in [-0.2, -0.15) is 0 Å². The van der Waals surface area contributed by atoms with Gasteiger partial charge in [0.1, 0.15) is 18.6 Å². The number of nitrogens with zero attached hydrogens (tertiary/aromatic N) is 1. The van der Waals surface area contributed by atoms with E-state index in [4.69, 9.17) is 10.8 Å². The molecule has 0 aromatic carbocycles. The van der Waals surface area contributed by atoms with E-state index in [0.717, 1.165) is 25.8 Å². The molecule has 3 atom stereocenters. The molecule has 0 aromatic rings. The van der Waals surface area contributed by atoms with Crippen LogP contribution in [-0.2, 0) is 19.2 Å². The Morgan fingerprint density at radius 3 is 2.57 bits per heavy atom. The monoisotopic (exact) mass is 397 g/mol. The third-order valence-electron chi connectivity index (χ3n) is 5.19. The zero-order valence-electron chi connectivity index (χ0n) is 16.1. The first-order chi connectivity index (χ1) is 13.4. The molecule has 2 rings (SSSR count). The van der Waals surface area contributed by atoms with Crippen LogP contribution < -0.4 is 21.7 Å². The highest BCUT2D eigenvalue weighted by Crippen LogP contribution is 2.20. The molecule has 2 saturated heterocycles. The van der Waals surface area contributed by atoms with Crippen molar-refractivity contribution in [2.75, 3.05) is 26.2 Å². The standard InChI is InChI=1S/C18H31N5O5/c19-8-2-1-5-13(22-16(26)12-6-3-9-20-12)18(28)23-10-4-7-14(23)17(27)21-11-15(24)25/h12-14,20H,1-11,19H2,(H,21,27)(H,22,26)(H,24,25). The number of carboxylic acids is 1. The molecular formula is C18H31N5O5. The quantitative estimate of drug-likeness (QED) is 0.282. The third kappa shape index (κ3) is 6.16. The molecule has 2 heterocycles. The fraction of sp³-hybridized carbons (Fsp3) is 0.778. The van der Waals surface area contributed by atoms with Gasteiger partial charge < -0.3 is 31.7 Å².